The second-order valence-corrected chi connectivity index (χ2v) is 6.12. The van der Waals surface area contributed by atoms with Gasteiger partial charge in [-0.05, 0) is 50.2 Å². The van der Waals surface area contributed by atoms with Gasteiger partial charge in [0.05, 0.1) is 6.10 Å². The highest BCUT2D eigenvalue weighted by Gasteiger charge is 2.19. The van der Waals surface area contributed by atoms with Crippen molar-refractivity contribution in [3.05, 3.63) is 35.4 Å². The Bertz CT molecular complexity index is 493. The van der Waals surface area contributed by atoms with Gasteiger partial charge in [0.1, 0.15) is 0 Å². The van der Waals surface area contributed by atoms with Gasteiger partial charge in [0.15, 0.2) is 0 Å². The van der Waals surface area contributed by atoms with E-state index >= 15 is 0 Å². The predicted octanol–water partition coefficient (Wildman–Crippen LogP) is 2.54. The van der Waals surface area contributed by atoms with Gasteiger partial charge in [0.25, 0.3) is 0 Å². The summed E-state index contributed by atoms with van der Waals surface area (Å²) >= 11 is 0. The van der Waals surface area contributed by atoms with Crippen LogP contribution in [0.15, 0.2) is 24.3 Å². The quantitative estimate of drug-likeness (QED) is 0.645. The smallest absolute Gasteiger partial charge is 0.314 e. The van der Waals surface area contributed by atoms with Crippen LogP contribution in [0.2, 0.25) is 0 Å². The number of hydrogen-bond donors (Lipinski definition) is 3. The average molecular weight is 320 g/mol. The molecule has 0 saturated carbocycles. The van der Waals surface area contributed by atoms with Gasteiger partial charge >= 0.3 is 6.03 Å². The Labute approximate surface area is 138 Å². The van der Waals surface area contributed by atoms with Crippen molar-refractivity contribution in [2.24, 2.45) is 0 Å². The van der Waals surface area contributed by atoms with Crippen molar-refractivity contribution in [2.45, 2.75) is 51.2 Å². The number of nitrogens with one attached hydrogen (secondary N) is 2. The second kappa shape index (κ2) is 9.53. The van der Waals surface area contributed by atoms with Crippen molar-refractivity contribution in [1.82, 2.24) is 10.6 Å². The highest BCUT2D eigenvalue weighted by atomic mass is 16.5. The lowest BCUT2D eigenvalue weighted by molar-refractivity contribution is 0.0396. The molecule has 0 aliphatic heterocycles. The molecule has 2 atom stereocenters. The Morgan fingerprint density at radius 3 is 3.09 bits per heavy atom. The molecule has 0 saturated heterocycles. The van der Waals surface area contributed by atoms with Crippen LogP contribution in [0.3, 0.4) is 0 Å². The molecular weight excluding hydrogens is 292 g/mol. The highest BCUT2D eigenvalue weighted by molar-refractivity contribution is 5.74. The van der Waals surface area contributed by atoms with Crippen LogP contribution < -0.4 is 10.6 Å². The van der Waals surface area contributed by atoms with Crippen LogP contribution in [0.5, 0.6) is 0 Å². The highest BCUT2D eigenvalue weighted by Crippen LogP contribution is 2.32. The fourth-order valence-corrected chi connectivity index (χ4v) is 2.92. The number of aliphatic hydroxyl groups excluding tert-OH is 1. The summed E-state index contributed by atoms with van der Waals surface area (Å²) in [6.45, 7) is 3.19. The Balaban J connectivity index is 1.62. The molecule has 0 fully saturated rings. The minimum absolute atomic E-state index is 0.0185. The van der Waals surface area contributed by atoms with Crippen LogP contribution in [-0.2, 0) is 11.2 Å². The summed E-state index contributed by atoms with van der Waals surface area (Å²) in [6, 6.07) is 8.29. The normalized spacial score (nSPS) is 18.1. The summed E-state index contributed by atoms with van der Waals surface area (Å²) in [5.41, 5.74) is 2.72. The number of carbonyl (C=O) groups is 1. The molecule has 5 heteroatoms. The molecule has 0 spiro atoms. The molecule has 0 radical (unpaired) electrons. The molecule has 2 rings (SSSR count). The van der Waals surface area contributed by atoms with E-state index in [9.17, 15) is 4.79 Å². The molecule has 1 aliphatic carbocycles. The topological polar surface area (TPSA) is 70.6 Å². The van der Waals surface area contributed by atoms with Crippen molar-refractivity contribution in [3.63, 3.8) is 0 Å². The van der Waals surface area contributed by atoms with Gasteiger partial charge in [-0.3, -0.25) is 0 Å². The number of fused-ring (bicyclic) bond motifs is 1. The number of amides is 2. The maximum Gasteiger partial charge on any atom is 0.314 e. The van der Waals surface area contributed by atoms with Gasteiger partial charge in [-0.25, -0.2) is 4.79 Å². The predicted molar refractivity (Wildman–Crippen MR) is 90.4 cm³/mol. The summed E-state index contributed by atoms with van der Waals surface area (Å²) in [5, 5.41) is 14.4. The first kappa shape index (κ1) is 17.8. The molecule has 1 aromatic rings. The third-order valence-electron chi connectivity index (χ3n) is 4.18. The van der Waals surface area contributed by atoms with Crippen LogP contribution in [0, 0.1) is 0 Å². The molecular formula is C18H28N2O3. The number of carbonyl (C=O) groups excluding carboxylic acids is 1. The monoisotopic (exact) mass is 320 g/mol. The molecule has 5 nitrogen and oxygen atoms in total. The summed E-state index contributed by atoms with van der Waals surface area (Å²) in [4.78, 5) is 11.6. The number of ether oxygens (including phenoxy) is 1. The lowest BCUT2D eigenvalue weighted by Crippen LogP contribution is -2.41. The Kier molecular flexibility index (Phi) is 7.36. The third kappa shape index (κ3) is 5.84. The maximum atomic E-state index is 11.6. The van der Waals surface area contributed by atoms with E-state index < -0.39 is 0 Å². The van der Waals surface area contributed by atoms with Gasteiger partial charge in [-0.15, -0.1) is 0 Å². The molecule has 2 amide bonds. The zero-order chi connectivity index (χ0) is 16.5. The van der Waals surface area contributed by atoms with E-state index in [1.54, 1.807) is 0 Å². The second-order valence-electron chi connectivity index (χ2n) is 6.12. The average Bonchev–Trinajstić information content (AvgIpc) is 2.55. The van der Waals surface area contributed by atoms with E-state index in [2.05, 4.69) is 34.9 Å². The number of urea groups is 1. The van der Waals surface area contributed by atoms with Gasteiger partial charge < -0.3 is 20.5 Å². The van der Waals surface area contributed by atoms with E-state index in [4.69, 9.17) is 9.84 Å². The molecule has 0 heterocycles. The number of aliphatic hydroxyl groups is 1. The molecule has 1 aromatic carbocycles. The van der Waals surface area contributed by atoms with Gasteiger partial charge in [-0.1, -0.05) is 24.3 Å². The van der Waals surface area contributed by atoms with E-state index in [0.29, 0.717) is 19.6 Å². The minimum Gasteiger partial charge on any atom is -0.396 e. The van der Waals surface area contributed by atoms with Crippen molar-refractivity contribution < 1.29 is 14.6 Å². The van der Waals surface area contributed by atoms with Crippen LogP contribution in [-0.4, -0.2) is 36.9 Å². The minimum atomic E-state index is -0.186. The van der Waals surface area contributed by atoms with Gasteiger partial charge in [0.2, 0.25) is 0 Å². The van der Waals surface area contributed by atoms with Crippen molar-refractivity contribution in [3.8, 4) is 0 Å². The molecule has 0 aromatic heterocycles. The molecule has 0 bridgehead atoms. The largest absolute Gasteiger partial charge is 0.396 e. The summed E-state index contributed by atoms with van der Waals surface area (Å²) in [5.74, 6) is 0. The zero-order valence-corrected chi connectivity index (χ0v) is 13.9. The van der Waals surface area contributed by atoms with Crippen LogP contribution >= 0.6 is 0 Å². The number of hydrogen-bond acceptors (Lipinski definition) is 3. The lowest BCUT2D eigenvalue weighted by atomic mass is 9.89. The molecule has 23 heavy (non-hydrogen) atoms. The number of benzene rings is 1. The van der Waals surface area contributed by atoms with Crippen LogP contribution in [0.1, 0.15) is 49.8 Å². The molecule has 1 aliphatic rings. The van der Waals surface area contributed by atoms with Crippen molar-refractivity contribution in [2.75, 3.05) is 19.8 Å². The van der Waals surface area contributed by atoms with Gasteiger partial charge in [0, 0.05) is 25.8 Å². The summed E-state index contributed by atoms with van der Waals surface area (Å²) in [7, 11) is 0. The SMILES string of the molecule is C[C@@H](CCO)NC(=O)NCCCO[C@H]1CCCc2ccccc21. The Hall–Kier alpha value is -1.59. The fourth-order valence-electron chi connectivity index (χ4n) is 2.92. The van der Waals surface area contributed by atoms with E-state index in [-0.39, 0.29) is 24.8 Å². The van der Waals surface area contributed by atoms with Gasteiger partial charge in [-0.2, -0.15) is 0 Å². The third-order valence-corrected chi connectivity index (χ3v) is 4.18. The van der Waals surface area contributed by atoms with Crippen LogP contribution in [0.25, 0.3) is 0 Å². The van der Waals surface area contributed by atoms with E-state index in [1.165, 1.54) is 17.5 Å². The standard InChI is InChI=1S/C18H28N2O3/c1-14(10-12-21)20-18(22)19-11-5-13-23-17-9-4-7-15-6-2-3-8-16(15)17/h2-3,6,8,14,17,21H,4-5,7,9-13H2,1H3,(H2,19,20,22)/t14-,17-/m0/s1. The van der Waals surface area contributed by atoms with Crippen molar-refractivity contribution >= 4 is 6.03 Å². The molecule has 0 unspecified atom stereocenters. The first-order chi connectivity index (χ1) is 11.2. The van der Waals surface area contributed by atoms with E-state index in [0.717, 1.165) is 19.3 Å². The lowest BCUT2D eigenvalue weighted by Gasteiger charge is -2.25. The maximum absolute atomic E-state index is 11.6. The van der Waals surface area contributed by atoms with Crippen LogP contribution in [0.4, 0.5) is 4.79 Å². The summed E-state index contributed by atoms with van der Waals surface area (Å²) in [6.07, 6.45) is 4.94. The number of rotatable bonds is 8. The number of aryl methyl sites for hydroxylation is 1. The van der Waals surface area contributed by atoms with Crippen molar-refractivity contribution in [1.29, 1.82) is 0 Å². The first-order valence-electron chi connectivity index (χ1n) is 8.55. The first-order valence-corrected chi connectivity index (χ1v) is 8.55. The summed E-state index contributed by atoms with van der Waals surface area (Å²) < 4.78 is 6.01. The molecule has 3 N–H and O–H groups in total. The Morgan fingerprint density at radius 2 is 2.26 bits per heavy atom. The molecule has 128 valence electrons. The zero-order valence-electron chi connectivity index (χ0n) is 13.9. The Morgan fingerprint density at radius 1 is 1.43 bits per heavy atom. The fraction of sp³-hybridized carbons (Fsp3) is 0.611. The van der Waals surface area contributed by atoms with E-state index in [1.807, 2.05) is 6.92 Å².